The molecule has 6 nitrogen and oxygen atoms in total. The fourth-order valence-corrected chi connectivity index (χ4v) is 2.72. The van der Waals surface area contributed by atoms with E-state index >= 15 is 0 Å². The summed E-state index contributed by atoms with van der Waals surface area (Å²) in [5, 5.41) is 10.4. The highest BCUT2D eigenvalue weighted by Gasteiger charge is 2.55. The van der Waals surface area contributed by atoms with E-state index in [-0.39, 0.29) is 13.0 Å². The van der Waals surface area contributed by atoms with Crippen LogP contribution < -0.4 is 0 Å². The number of carbonyl (C=O) groups excluding carboxylic acids is 1. The van der Waals surface area contributed by atoms with E-state index in [1.54, 1.807) is 0 Å². The van der Waals surface area contributed by atoms with Crippen molar-refractivity contribution in [2.45, 2.75) is 43.9 Å². The maximum atomic E-state index is 12.3. The van der Waals surface area contributed by atoms with Crippen LogP contribution in [0.3, 0.4) is 0 Å². The van der Waals surface area contributed by atoms with E-state index in [4.69, 9.17) is 18.9 Å². The number of carbonyl (C=O) groups is 1. The van der Waals surface area contributed by atoms with Crippen LogP contribution in [0.15, 0.2) is 43.0 Å². The Morgan fingerprint density at radius 1 is 1.44 bits per heavy atom. The van der Waals surface area contributed by atoms with Crippen LogP contribution in [-0.2, 0) is 30.3 Å². The molecule has 6 heteroatoms. The van der Waals surface area contributed by atoms with Crippen LogP contribution in [0.1, 0.15) is 24.8 Å². The van der Waals surface area contributed by atoms with E-state index in [1.807, 2.05) is 36.4 Å². The Balaban J connectivity index is 1.94. The minimum atomic E-state index is -1.56. The number of allylic oxidation sites excluding steroid dienone is 1. The van der Waals surface area contributed by atoms with E-state index in [0.29, 0.717) is 13.2 Å². The fraction of sp³-hybridized carbons (Fsp3) is 0.526. The van der Waals surface area contributed by atoms with Crippen LogP contribution in [0.25, 0.3) is 0 Å². The van der Waals surface area contributed by atoms with Gasteiger partial charge < -0.3 is 24.1 Å². The van der Waals surface area contributed by atoms with Gasteiger partial charge in [-0.1, -0.05) is 36.4 Å². The Morgan fingerprint density at radius 3 is 2.88 bits per heavy atom. The quantitative estimate of drug-likeness (QED) is 0.396. The standard InChI is InChI=1S/C19H26O6/c1-3-4-8-11-24-17-12-16(20)19(25-17,18(21)22-2)14-23-13-15-9-6-5-7-10-15/h3,5-7,9-10,16-17,20H,1,4,8,11-14H2,2H3/t16-,17+,19+/m0/s1. The molecule has 0 unspecified atom stereocenters. The third-order valence-corrected chi connectivity index (χ3v) is 4.11. The summed E-state index contributed by atoms with van der Waals surface area (Å²) in [7, 11) is 1.26. The van der Waals surface area contributed by atoms with E-state index in [0.717, 1.165) is 18.4 Å². The van der Waals surface area contributed by atoms with Crippen molar-refractivity contribution in [1.29, 1.82) is 0 Å². The SMILES string of the molecule is C=CCCCO[C@H]1C[C@H](O)[C@](COCc2ccccc2)(C(=O)OC)O1. The van der Waals surface area contributed by atoms with Gasteiger partial charge in [-0.05, 0) is 18.4 Å². The van der Waals surface area contributed by atoms with Gasteiger partial charge in [0.2, 0.25) is 5.60 Å². The molecular weight excluding hydrogens is 324 g/mol. The molecule has 0 aliphatic carbocycles. The highest BCUT2D eigenvalue weighted by atomic mass is 16.7. The molecule has 0 spiro atoms. The van der Waals surface area contributed by atoms with Crippen molar-refractivity contribution < 1.29 is 28.8 Å². The van der Waals surface area contributed by atoms with E-state index in [2.05, 4.69) is 6.58 Å². The summed E-state index contributed by atoms with van der Waals surface area (Å²) in [6, 6.07) is 9.56. The summed E-state index contributed by atoms with van der Waals surface area (Å²) >= 11 is 0. The highest BCUT2D eigenvalue weighted by molar-refractivity contribution is 5.81. The molecule has 0 saturated carbocycles. The third kappa shape index (κ3) is 5.12. The first kappa shape index (κ1) is 19.6. The summed E-state index contributed by atoms with van der Waals surface area (Å²) in [5.41, 5.74) is -0.598. The lowest BCUT2D eigenvalue weighted by Crippen LogP contribution is -2.52. The smallest absolute Gasteiger partial charge is 0.343 e. The summed E-state index contributed by atoms with van der Waals surface area (Å²) in [6.07, 6.45) is 1.91. The zero-order chi connectivity index (χ0) is 18.1. The first-order valence-corrected chi connectivity index (χ1v) is 8.41. The predicted molar refractivity (Wildman–Crippen MR) is 91.7 cm³/mol. The predicted octanol–water partition coefficient (Wildman–Crippen LogP) is 2.21. The molecule has 1 fully saturated rings. The lowest BCUT2D eigenvalue weighted by molar-refractivity contribution is -0.214. The second-order valence-electron chi connectivity index (χ2n) is 5.96. The van der Waals surface area contributed by atoms with Gasteiger partial charge in [-0.2, -0.15) is 0 Å². The number of aliphatic hydroxyl groups excluding tert-OH is 1. The van der Waals surface area contributed by atoms with Crippen LogP contribution >= 0.6 is 0 Å². The molecule has 1 heterocycles. The van der Waals surface area contributed by atoms with Crippen LogP contribution in [0.5, 0.6) is 0 Å². The van der Waals surface area contributed by atoms with Gasteiger partial charge in [0.05, 0.1) is 26.9 Å². The molecule has 0 bridgehead atoms. The van der Waals surface area contributed by atoms with Crippen molar-refractivity contribution in [3.8, 4) is 0 Å². The number of ether oxygens (including phenoxy) is 4. The van der Waals surface area contributed by atoms with Crippen molar-refractivity contribution in [3.63, 3.8) is 0 Å². The van der Waals surface area contributed by atoms with Crippen molar-refractivity contribution >= 4 is 5.97 Å². The topological polar surface area (TPSA) is 74.2 Å². The van der Waals surface area contributed by atoms with Gasteiger partial charge in [-0.15, -0.1) is 6.58 Å². The molecular formula is C19H26O6. The molecule has 25 heavy (non-hydrogen) atoms. The first-order valence-electron chi connectivity index (χ1n) is 8.41. The molecule has 0 aromatic heterocycles. The molecule has 3 atom stereocenters. The highest BCUT2D eigenvalue weighted by Crippen LogP contribution is 2.33. The van der Waals surface area contributed by atoms with Gasteiger partial charge in [0.1, 0.15) is 6.10 Å². The third-order valence-electron chi connectivity index (χ3n) is 4.11. The summed E-state index contributed by atoms with van der Waals surface area (Å²) in [5.74, 6) is -0.662. The summed E-state index contributed by atoms with van der Waals surface area (Å²) in [6.45, 7) is 4.31. The Morgan fingerprint density at radius 2 is 2.20 bits per heavy atom. The average Bonchev–Trinajstić information content (AvgIpc) is 2.95. The maximum Gasteiger partial charge on any atom is 0.343 e. The van der Waals surface area contributed by atoms with Gasteiger partial charge in [0.15, 0.2) is 6.29 Å². The monoisotopic (exact) mass is 350 g/mol. The minimum absolute atomic E-state index is 0.109. The number of rotatable bonds is 10. The maximum absolute atomic E-state index is 12.3. The van der Waals surface area contributed by atoms with E-state index in [9.17, 15) is 9.90 Å². The van der Waals surface area contributed by atoms with E-state index < -0.39 is 24.0 Å². The summed E-state index contributed by atoms with van der Waals surface area (Å²) in [4.78, 5) is 12.3. The van der Waals surface area contributed by atoms with Crippen molar-refractivity contribution in [2.24, 2.45) is 0 Å². The molecule has 138 valence electrons. The molecule has 2 rings (SSSR count). The number of aliphatic hydroxyl groups is 1. The number of methoxy groups -OCH3 is 1. The van der Waals surface area contributed by atoms with Crippen LogP contribution in [0.4, 0.5) is 0 Å². The molecule has 1 N–H and O–H groups in total. The molecule has 1 aromatic carbocycles. The van der Waals surface area contributed by atoms with Gasteiger partial charge in [-0.25, -0.2) is 4.79 Å². The molecule has 1 saturated heterocycles. The van der Waals surface area contributed by atoms with Gasteiger partial charge in [0, 0.05) is 6.42 Å². The minimum Gasteiger partial charge on any atom is -0.467 e. The molecule has 1 aliphatic rings. The largest absolute Gasteiger partial charge is 0.467 e. The van der Waals surface area contributed by atoms with Crippen molar-refractivity contribution in [3.05, 3.63) is 48.6 Å². The number of unbranched alkanes of at least 4 members (excludes halogenated alkanes) is 1. The second kappa shape index (κ2) is 9.68. The molecule has 0 amide bonds. The van der Waals surface area contributed by atoms with Crippen molar-refractivity contribution in [2.75, 3.05) is 20.3 Å². The zero-order valence-electron chi connectivity index (χ0n) is 14.6. The lowest BCUT2D eigenvalue weighted by atomic mass is 9.98. The molecule has 1 aromatic rings. The van der Waals surface area contributed by atoms with E-state index in [1.165, 1.54) is 7.11 Å². The van der Waals surface area contributed by atoms with Gasteiger partial charge >= 0.3 is 5.97 Å². The Hall–Kier alpha value is -1.73. The molecule has 0 radical (unpaired) electrons. The Bertz CT molecular complexity index is 546. The molecule has 1 aliphatic heterocycles. The average molecular weight is 350 g/mol. The number of hydrogen-bond acceptors (Lipinski definition) is 6. The van der Waals surface area contributed by atoms with Gasteiger partial charge in [0.25, 0.3) is 0 Å². The normalized spacial score (nSPS) is 25.7. The first-order chi connectivity index (χ1) is 12.1. The Kier molecular flexibility index (Phi) is 7.58. The number of esters is 1. The second-order valence-corrected chi connectivity index (χ2v) is 5.96. The fourth-order valence-electron chi connectivity index (χ4n) is 2.72. The summed E-state index contributed by atoms with van der Waals surface area (Å²) < 4.78 is 21.8. The Labute approximate surface area is 148 Å². The van der Waals surface area contributed by atoms with Crippen molar-refractivity contribution in [1.82, 2.24) is 0 Å². The van der Waals surface area contributed by atoms with Crippen LogP contribution in [0.2, 0.25) is 0 Å². The number of hydrogen-bond donors (Lipinski definition) is 1. The van der Waals surface area contributed by atoms with Crippen LogP contribution in [0, 0.1) is 0 Å². The zero-order valence-corrected chi connectivity index (χ0v) is 14.6. The van der Waals surface area contributed by atoms with Gasteiger partial charge in [-0.3, -0.25) is 0 Å². The lowest BCUT2D eigenvalue weighted by Gasteiger charge is -2.28. The number of benzene rings is 1. The van der Waals surface area contributed by atoms with Crippen LogP contribution in [-0.4, -0.2) is 49.4 Å².